The van der Waals surface area contributed by atoms with Crippen molar-refractivity contribution < 1.29 is 18.7 Å². The first kappa shape index (κ1) is 13.9. The summed E-state index contributed by atoms with van der Waals surface area (Å²) in [5.41, 5.74) is 6.42. The number of hydrogen-bond acceptors (Lipinski definition) is 8. The van der Waals surface area contributed by atoms with Crippen molar-refractivity contribution in [1.29, 1.82) is 0 Å². The van der Waals surface area contributed by atoms with Gasteiger partial charge in [-0.2, -0.15) is 9.97 Å². The van der Waals surface area contributed by atoms with Crippen LogP contribution in [0.5, 0.6) is 0 Å². The van der Waals surface area contributed by atoms with E-state index in [9.17, 15) is 4.89 Å². The molecule has 1 aliphatic heterocycles. The third-order valence-electron chi connectivity index (χ3n) is 2.80. The predicted molar refractivity (Wildman–Crippen MR) is 70.8 cm³/mol. The average molecular weight is 320 g/mol. The molecule has 1 fully saturated rings. The van der Waals surface area contributed by atoms with Gasteiger partial charge in [-0.3, -0.25) is 4.57 Å². The number of aromatic nitrogens is 4. The number of ether oxygens (including phenoxy) is 1. The van der Waals surface area contributed by atoms with E-state index in [1.165, 1.54) is 13.4 Å². The zero-order valence-corrected chi connectivity index (χ0v) is 12.0. The van der Waals surface area contributed by atoms with Gasteiger partial charge >= 0.3 is 8.60 Å². The molecule has 2 aromatic rings. The highest BCUT2D eigenvalue weighted by molar-refractivity contribution is 7.40. The minimum Gasteiger partial charge on any atom is -0.368 e. The lowest BCUT2D eigenvalue weighted by Gasteiger charge is -2.21. The maximum Gasteiger partial charge on any atom is 0.330 e. The number of rotatable bonds is 3. The first-order valence-electron chi connectivity index (χ1n) is 5.57. The molecule has 20 heavy (non-hydrogen) atoms. The maximum atomic E-state index is 9.32. The fourth-order valence-corrected chi connectivity index (χ4v) is 2.93. The molecular formula is C9H11ClN5O4P. The number of fused-ring (bicyclic) bond motifs is 1. The predicted octanol–water partition coefficient (Wildman–Crippen LogP) is 0.841. The van der Waals surface area contributed by atoms with Gasteiger partial charge in [0.15, 0.2) is 17.0 Å². The molecule has 1 saturated heterocycles. The Hall–Kier alpha value is -1.09. The van der Waals surface area contributed by atoms with Crippen LogP contribution in [-0.4, -0.2) is 44.2 Å². The van der Waals surface area contributed by atoms with Crippen LogP contribution in [0, 0.1) is 0 Å². The molecule has 0 radical (unpaired) electrons. The van der Waals surface area contributed by atoms with Crippen LogP contribution in [0.25, 0.3) is 11.2 Å². The van der Waals surface area contributed by atoms with Crippen molar-refractivity contribution in [1.82, 2.24) is 19.5 Å². The molecule has 0 spiro atoms. The van der Waals surface area contributed by atoms with Gasteiger partial charge in [-0.25, -0.2) is 4.98 Å². The van der Waals surface area contributed by atoms with Crippen LogP contribution in [0.4, 0.5) is 5.95 Å². The lowest BCUT2D eigenvalue weighted by molar-refractivity contribution is -0.0357. The standard InChI is InChI=1S/C9H11ClN5O4P/c1-17-8(4-2-18-20(16)19-4)15-3-12-5-6(10)13-9(11)14-7(5)15/h3-4,8,16H,2H2,1H3,(H2,11,13,14). The first-order chi connectivity index (χ1) is 9.60. The third-order valence-corrected chi connectivity index (χ3v) is 3.89. The maximum absolute atomic E-state index is 9.32. The summed E-state index contributed by atoms with van der Waals surface area (Å²) in [6.45, 7) is 0.203. The van der Waals surface area contributed by atoms with Gasteiger partial charge in [-0.15, -0.1) is 0 Å². The molecule has 0 aromatic carbocycles. The number of anilines is 1. The Morgan fingerprint density at radius 2 is 2.45 bits per heavy atom. The van der Waals surface area contributed by atoms with Gasteiger partial charge in [0.25, 0.3) is 0 Å². The Morgan fingerprint density at radius 1 is 1.65 bits per heavy atom. The van der Waals surface area contributed by atoms with Crippen molar-refractivity contribution in [2.75, 3.05) is 19.5 Å². The fourth-order valence-electron chi connectivity index (χ4n) is 1.98. The molecule has 3 unspecified atom stereocenters. The Bertz CT molecular complexity index is 640. The van der Waals surface area contributed by atoms with E-state index in [1.807, 2.05) is 0 Å². The summed E-state index contributed by atoms with van der Waals surface area (Å²) in [7, 11) is -0.367. The Kier molecular flexibility index (Phi) is 3.72. The van der Waals surface area contributed by atoms with Gasteiger partial charge in [-0.1, -0.05) is 11.6 Å². The monoisotopic (exact) mass is 319 g/mol. The zero-order valence-electron chi connectivity index (χ0n) is 10.3. The molecule has 0 saturated carbocycles. The highest BCUT2D eigenvalue weighted by Gasteiger charge is 2.35. The summed E-state index contributed by atoms with van der Waals surface area (Å²) >= 11 is 5.97. The lowest BCUT2D eigenvalue weighted by Crippen LogP contribution is -2.27. The molecule has 3 N–H and O–H groups in total. The summed E-state index contributed by atoms with van der Waals surface area (Å²) in [6, 6.07) is 0. The van der Waals surface area contributed by atoms with Gasteiger partial charge in [0.05, 0.1) is 12.9 Å². The van der Waals surface area contributed by atoms with E-state index in [0.29, 0.717) is 11.2 Å². The third kappa shape index (κ3) is 2.32. The summed E-state index contributed by atoms with van der Waals surface area (Å²) in [6.07, 6.45) is 0.439. The Morgan fingerprint density at radius 3 is 3.10 bits per heavy atom. The van der Waals surface area contributed by atoms with Crippen LogP contribution in [0.15, 0.2) is 6.33 Å². The summed E-state index contributed by atoms with van der Waals surface area (Å²) in [4.78, 5) is 21.4. The average Bonchev–Trinajstić information content (AvgIpc) is 2.99. The number of methoxy groups -OCH3 is 1. The molecule has 0 amide bonds. The van der Waals surface area contributed by atoms with E-state index in [-0.39, 0.29) is 17.7 Å². The normalized spacial score (nSPS) is 24.4. The van der Waals surface area contributed by atoms with E-state index < -0.39 is 20.9 Å². The van der Waals surface area contributed by atoms with Crippen molar-refractivity contribution in [2.45, 2.75) is 12.3 Å². The second-order valence-electron chi connectivity index (χ2n) is 4.00. The van der Waals surface area contributed by atoms with Crippen molar-refractivity contribution >= 4 is 37.3 Å². The number of hydrogen-bond donors (Lipinski definition) is 2. The van der Waals surface area contributed by atoms with Crippen LogP contribution in [0.2, 0.25) is 5.15 Å². The molecule has 1 aliphatic rings. The van der Waals surface area contributed by atoms with E-state index in [4.69, 9.17) is 31.1 Å². The Labute approximate surface area is 119 Å². The molecule has 3 heterocycles. The van der Waals surface area contributed by atoms with Crippen molar-refractivity contribution in [2.24, 2.45) is 0 Å². The highest BCUT2D eigenvalue weighted by atomic mass is 35.5. The largest absolute Gasteiger partial charge is 0.368 e. The summed E-state index contributed by atoms with van der Waals surface area (Å²) in [5.74, 6) is 0.0344. The molecule has 11 heteroatoms. The van der Waals surface area contributed by atoms with Crippen LogP contribution < -0.4 is 5.73 Å². The van der Waals surface area contributed by atoms with Crippen molar-refractivity contribution in [3.63, 3.8) is 0 Å². The second kappa shape index (κ2) is 5.36. The molecular weight excluding hydrogens is 309 g/mol. The number of nitrogens with zero attached hydrogens (tertiary/aromatic N) is 4. The van der Waals surface area contributed by atoms with Crippen molar-refractivity contribution in [3.05, 3.63) is 11.5 Å². The van der Waals surface area contributed by atoms with Crippen LogP contribution in [-0.2, 0) is 13.8 Å². The van der Waals surface area contributed by atoms with E-state index in [0.717, 1.165) is 0 Å². The zero-order chi connectivity index (χ0) is 14.3. The van der Waals surface area contributed by atoms with Gasteiger partial charge in [0, 0.05) is 7.11 Å². The fraction of sp³-hybridized carbons (Fsp3) is 0.444. The molecule has 108 valence electrons. The van der Waals surface area contributed by atoms with Crippen LogP contribution in [0.1, 0.15) is 6.23 Å². The quantitative estimate of drug-likeness (QED) is 0.631. The van der Waals surface area contributed by atoms with Gasteiger partial charge < -0.3 is 24.4 Å². The van der Waals surface area contributed by atoms with Gasteiger partial charge in [0.1, 0.15) is 11.6 Å². The minimum absolute atomic E-state index is 0.0344. The molecule has 0 aliphatic carbocycles. The van der Waals surface area contributed by atoms with Gasteiger partial charge in [0.2, 0.25) is 5.95 Å². The van der Waals surface area contributed by atoms with Crippen LogP contribution in [0.3, 0.4) is 0 Å². The minimum atomic E-state index is -1.87. The van der Waals surface area contributed by atoms with E-state index in [1.54, 1.807) is 4.57 Å². The smallest absolute Gasteiger partial charge is 0.330 e. The molecule has 9 nitrogen and oxygen atoms in total. The first-order valence-corrected chi connectivity index (χ1v) is 7.08. The number of halogens is 1. The van der Waals surface area contributed by atoms with Crippen molar-refractivity contribution in [3.8, 4) is 0 Å². The molecule has 2 aromatic heterocycles. The molecule has 3 rings (SSSR count). The van der Waals surface area contributed by atoms with E-state index >= 15 is 0 Å². The van der Waals surface area contributed by atoms with Crippen LogP contribution >= 0.6 is 20.2 Å². The number of nitrogens with two attached hydrogens (primary N) is 1. The molecule has 3 atom stereocenters. The second-order valence-corrected chi connectivity index (χ2v) is 5.30. The molecule has 0 bridgehead atoms. The highest BCUT2D eigenvalue weighted by Crippen LogP contribution is 2.44. The number of nitrogen functional groups attached to an aromatic ring is 1. The topological polar surface area (TPSA) is 118 Å². The lowest BCUT2D eigenvalue weighted by atomic mass is 10.3. The van der Waals surface area contributed by atoms with E-state index in [2.05, 4.69) is 15.0 Å². The summed E-state index contributed by atoms with van der Waals surface area (Å²) in [5, 5.41) is 0.161. The Balaban J connectivity index is 2.04. The summed E-state index contributed by atoms with van der Waals surface area (Å²) < 4.78 is 17.3. The van der Waals surface area contributed by atoms with Gasteiger partial charge in [-0.05, 0) is 0 Å². The SMILES string of the molecule is COC(C1COP(O)O1)n1cnc2c(Cl)nc(N)nc21. The number of imidazole rings is 1.